The number of hydrogen-bond donors (Lipinski definition) is 2. The molecule has 3 N–H and O–H groups in total. The van der Waals surface area contributed by atoms with Crippen LogP contribution in [0.2, 0.25) is 5.02 Å². The van der Waals surface area contributed by atoms with Crippen molar-refractivity contribution in [3.05, 3.63) is 38.4 Å². The van der Waals surface area contributed by atoms with Gasteiger partial charge in [0.25, 0.3) is 0 Å². The lowest BCUT2D eigenvalue weighted by molar-refractivity contribution is 1.15. The zero-order valence-electron chi connectivity index (χ0n) is 8.42. The van der Waals surface area contributed by atoms with Crippen LogP contribution in [-0.2, 0) is 0 Å². The molecule has 2 aromatic rings. The number of nitrogen functional groups attached to an aromatic ring is 1. The molecule has 0 fully saturated rings. The fraction of sp³-hybridized carbons (Fsp3) is 0. The first-order valence-electron chi connectivity index (χ1n) is 4.57. The minimum atomic E-state index is 0.375. The summed E-state index contributed by atoms with van der Waals surface area (Å²) in [6, 6.07) is 7.08. The van der Waals surface area contributed by atoms with E-state index in [0.717, 1.165) is 4.47 Å². The van der Waals surface area contributed by atoms with E-state index in [1.165, 1.54) is 0 Å². The molecule has 1 heterocycles. The van der Waals surface area contributed by atoms with Crippen LogP contribution in [-0.4, -0.2) is 9.97 Å². The number of nitrogens with two attached hydrogens (primary N) is 1. The number of nitrogens with one attached hydrogen (secondary N) is 1. The van der Waals surface area contributed by atoms with Crippen LogP contribution in [0.5, 0.6) is 0 Å². The minimum absolute atomic E-state index is 0.375. The van der Waals surface area contributed by atoms with E-state index >= 15 is 0 Å². The van der Waals surface area contributed by atoms with Gasteiger partial charge in [0.1, 0.15) is 10.4 Å². The van der Waals surface area contributed by atoms with Gasteiger partial charge in [0.2, 0.25) is 5.95 Å². The number of rotatable bonds is 2. The third-order valence-corrected chi connectivity index (χ3v) is 3.12. The fourth-order valence-electron chi connectivity index (χ4n) is 1.20. The van der Waals surface area contributed by atoms with E-state index < -0.39 is 0 Å². The summed E-state index contributed by atoms with van der Waals surface area (Å²) in [7, 11) is 0. The standard InChI is InChI=1S/C10H7Br2ClN4/c11-5-1-2-6(13)7(3-5)15-10-16-8(12)4-9(14)17-10/h1-4H,(H3,14,15,16,17). The van der Waals surface area contributed by atoms with Gasteiger partial charge in [0.05, 0.1) is 10.7 Å². The van der Waals surface area contributed by atoms with E-state index in [-0.39, 0.29) is 0 Å². The molecule has 7 heteroatoms. The number of nitrogens with zero attached hydrogens (tertiary/aromatic N) is 2. The zero-order chi connectivity index (χ0) is 12.4. The Kier molecular flexibility index (Phi) is 3.86. The summed E-state index contributed by atoms with van der Waals surface area (Å²) in [5.41, 5.74) is 6.32. The van der Waals surface area contributed by atoms with Crippen molar-refractivity contribution in [1.29, 1.82) is 0 Å². The highest BCUT2D eigenvalue weighted by Gasteiger charge is 2.05. The average Bonchev–Trinajstić information content (AvgIpc) is 2.22. The Morgan fingerprint density at radius 2 is 1.94 bits per heavy atom. The van der Waals surface area contributed by atoms with Crippen molar-refractivity contribution in [2.24, 2.45) is 0 Å². The molecule has 0 aliphatic rings. The van der Waals surface area contributed by atoms with Gasteiger partial charge in [-0.05, 0) is 34.1 Å². The average molecular weight is 378 g/mol. The van der Waals surface area contributed by atoms with Gasteiger partial charge in [0, 0.05) is 10.5 Å². The minimum Gasteiger partial charge on any atom is -0.383 e. The lowest BCUT2D eigenvalue weighted by Crippen LogP contribution is -2.01. The van der Waals surface area contributed by atoms with Gasteiger partial charge in [0.15, 0.2) is 0 Å². The van der Waals surface area contributed by atoms with Gasteiger partial charge in [-0.1, -0.05) is 27.5 Å². The summed E-state index contributed by atoms with van der Waals surface area (Å²) >= 11 is 12.7. The van der Waals surface area contributed by atoms with Crippen LogP contribution in [0.25, 0.3) is 0 Å². The molecule has 0 bridgehead atoms. The Morgan fingerprint density at radius 3 is 2.65 bits per heavy atom. The predicted molar refractivity (Wildman–Crippen MR) is 76.6 cm³/mol. The van der Waals surface area contributed by atoms with Crippen molar-refractivity contribution in [3.63, 3.8) is 0 Å². The van der Waals surface area contributed by atoms with Crippen LogP contribution in [0.15, 0.2) is 33.3 Å². The lowest BCUT2D eigenvalue weighted by Gasteiger charge is -2.08. The first-order chi connectivity index (χ1) is 8.04. The van der Waals surface area contributed by atoms with Crippen LogP contribution in [0.3, 0.4) is 0 Å². The molecule has 0 radical (unpaired) electrons. The summed E-state index contributed by atoms with van der Waals surface area (Å²) in [5.74, 6) is 0.761. The maximum atomic E-state index is 6.04. The predicted octanol–water partition coefficient (Wildman–Crippen LogP) is 3.98. The molecular formula is C10H7Br2ClN4. The van der Waals surface area contributed by atoms with Crippen LogP contribution in [0.4, 0.5) is 17.5 Å². The van der Waals surface area contributed by atoms with Gasteiger partial charge < -0.3 is 11.1 Å². The molecule has 0 amide bonds. The molecule has 0 aliphatic heterocycles. The number of anilines is 3. The van der Waals surface area contributed by atoms with Gasteiger partial charge >= 0.3 is 0 Å². The Hall–Kier alpha value is -0.850. The largest absolute Gasteiger partial charge is 0.383 e. The molecule has 0 saturated carbocycles. The molecule has 1 aromatic heterocycles. The van der Waals surface area contributed by atoms with Crippen LogP contribution >= 0.6 is 43.5 Å². The van der Waals surface area contributed by atoms with E-state index in [1.54, 1.807) is 12.1 Å². The molecule has 4 nitrogen and oxygen atoms in total. The number of hydrogen-bond acceptors (Lipinski definition) is 4. The van der Waals surface area contributed by atoms with Crippen molar-refractivity contribution in [2.45, 2.75) is 0 Å². The molecule has 17 heavy (non-hydrogen) atoms. The van der Waals surface area contributed by atoms with Crippen molar-refractivity contribution in [1.82, 2.24) is 9.97 Å². The summed E-state index contributed by atoms with van der Waals surface area (Å²) in [4.78, 5) is 8.19. The molecule has 1 aromatic carbocycles. The number of benzene rings is 1. The quantitative estimate of drug-likeness (QED) is 0.776. The summed E-state index contributed by atoms with van der Waals surface area (Å²) in [6.45, 7) is 0. The Bertz CT molecular complexity index is 542. The van der Waals surface area contributed by atoms with Crippen molar-refractivity contribution >= 4 is 60.9 Å². The Morgan fingerprint density at radius 1 is 1.18 bits per heavy atom. The van der Waals surface area contributed by atoms with E-state index in [0.29, 0.717) is 27.1 Å². The molecule has 0 unspecified atom stereocenters. The highest BCUT2D eigenvalue weighted by Crippen LogP contribution is 2.28. The second kappa shape index (κ2) is 5.20. The molecular weight excluding hydrogens is 371 g/mol. The van der Waals surface area contributed by atoms with Crippen LogP contribution in [0, 0.1) is 0 Å². The number of halogens is 3. The Balaban J connectivity index is 2.34. The van der Waals surface area contributed by atoms with Gasteiger partial charge in [-0.25, -0.2) is 4.98 Å². The lowest BCUT2D eigenvalue weighted by atomic mass is 10.3. The van der Waals surface area contributed by atoms with E-state index in [4.69, 9.17) is 17.3 Å². The normalized spacial score (nSPS) is 10.3. The second-order valence-electron chi connectivity index (χ2n) is 3.19. The summed E-state index contributed by atoms with van der Waals surface area (Å²) < 4.78 is 1.52. The molecule has 2 rings (SSSR count). The maximum Gasteiger partial charge on any atom is 0.230 e. The highest BCUT2D eigenvalue weighted by atomic mass is 79.9. The highest BCUT2D eigenvalue weighted by molar-refractivity contribution is 9.10. The van der Waals surface area contributed by atoms with Crippen molar-refractivity contribution in [3.8, 4) is 0 Å². The number of aromatic nitrogens is 2. The summed E-state index contributed by atoms with van der Waals surface area (Å²) in [5, 5.41) is 3.58. The topological polar surface area (TPSA) is 63.8 Å². The molecule has 0 aliphatic carbocycles. The molecule has 0 saturated heterocycles. The van der Waals surface area contributed by atoms with Crippen molar-refractivity contribution < 1.29 is 0 Å². The molecule has 0 atom stereocenters. The van der Waals surface area contributed by atoms with Gasteiger partial charge in [-0.15, -0.1) is 0 Å². The fourth-order valence-corrected chi connectivity index (χ4v) is 2.13. The first kappa shape index (κ1) is 12.6. The monoisotopic (exact) mass is 376 g/mol. The van der Waals surface area contributed by atoms with Crippen molar-refractivity contribution in [2.75, 3.05) is 11.1 Å². The maximum absolute atomic E-state index is 6.04. The third-order valence-electron chi connectivity index (χ3n) is 1.89. The first-order valence-corrected chi connectivity index (χ1v) is 6.53. The van der Waals surface area contributed by atoms with Crippen LogP contribution < -0.4 is 11.1 Å². The SMILES string of the molecule is Nc1cc(Br)nc(Nc2cc(Br)ccc2Cl)n1. The summed E-state index contributed by atoms with van der Waals surface area (Å²) in [6.07, 6.45) is 0. The zero-order valence-corrected chi connectivity index (χ0v) is 12.3. The van der Waals surface area contributed by atoms with E-state index in [1.807, 2.05) is 12.1 Å². The second-order valence-corrected chi connectivity index (χ2v) is 5.32. The Labute approximate surface area is 120 Å². The molecule has 0 spiro atoms. The third kappa shape index (κ3) is 3.31. The molecule has 88 valence electrons. The van der Waals surface area contributed by atoms with E-state index in [9.17, 15) is 0 Å². The smallest absolute Gasteiger partial charge is 0.230 e. The van der Waals surface area contributed by atoms with Gasteiger partial charge in [-0.2, -0.15) is 4.98 Å². The van der Waals surface area contributed by atoms with E-state index in [2.05, 4.69) is 47.1 Å². The van der Waals surface area contributed by atoms with Gasteiger partial charge in [-0.3, -0.25) is 0 Å². The van der Waals surface area contributed by atoms with Crippen LogP contribution in [0.1, 0.15) is 0 Å².